The minimum atomic E-state index is 1.00. The molecule has 15 aliphatic carbocycles. The van der Waals surface area contributed by atoms with Crippen LogP contribution in [0.4, 0.5) is 0 Å². The molecule has 0 aliphatic heterocycles. The fourth-order valence-corrected chi connectivity index (χ4v) is 17.1. The molecular formula is C25H28. The fourth-order valence-electron chi connectivity index (χ4n) is 17.1. The summed E-state index contributed by atoms with van der Waals surface area (Å²) in [6, 6.07) is 0. The molecule has 15 aliphatic rings. The maximum atomic E-state index is 1.83. The van der Waals surface area contributed by atoms with E-state index in [1.54, 1.807) is 44.9 Å². The van der Waals surface area contributed by atoms with E-state index in [0.717, 1.165) is 27.1 Å². The van der Waals surface area contributed by atoms with Gasteiger partial charge in [0.25, 0.3) is 0 Å². The first-order chi connectivity index (χ1) is 12.3. The Morgan fingerprint density at radius 2 is 1.04 bits per heavy atom. The molecule has 15 rings (SSSR count). The standard InChI is InChI=1S/C25H28/c1-9-2-10(1)12-7-22-14(12)4-16(22)20-18-5-17-19-15-3-13-11(9)6-21(13,15)23(19)8-24(20,22)25(17,18)23/h9-20H,1-8H2/t9?,10?,11-,12+,13+,14-,15-,16?,17?,18-,19?,20?,21+,22-,23-,24+,25?/m0/s1. The average molecular weight is 328 g/mol. The van der Waals surface area contributed by atoms with E-state index in [-0.39, 0.29) is 0 Å². The van der Waals surface area contributed by atoms with Crippen LogP contribution in [0, 0.1) is 98.1 Å². The summed E-state index contributed by atoms with van der Waals surface area (Å²) in [5.74, 6) is 15.2. The summed E-state index contributed by atoms with van der Waals surface area (Å²) in [5, 5.41) is 0. The van der Waals surface area contributed by atoms with Crippen molar-refractivity contribution >= 4 is 0 Å². The van der Waals surface area contributed by atoms with Crippen molar-refractivity contribution in [2.45, 2.75) is 51.4 Å². The monoisotopic (exact) mass is 328 g/mol. The van der Waals surface area contributed by atoms with E-state index >= 15 is 0 Å². The molecule has 0 heterocycles. The first-order valence-corrected chi connectivity index (χ1v) is 12.3. The molecule has 25 heavy (non-hydrogen) atoms. The normalized spacial score (nSPS) is 97.9. The second-order valence-corrected chi connectivity index (χ2v) is 14.2. The lowest BCUT2D eigenvalue weighted by Gasteiger charge is -3.18. The third-order valence-corrected chi connectivity index (χ3v) is 16.5. The molecule has 0 aromatic rings. The minimum Gasteiger partial charge on any atom is -0.0470 e. The molecular weight excluding hydrogens is 300 g/mol. The fraction of sp³-hybridized carbons (Fsp3) is 1.00. The van der Waals surface area contributed by atoms with Crippen LogP contribution in [0.3, 0.4) is 0 Å². The highest BCUT2D eigenvalue weighted by Gasteiger charge is 3.15. The van der Waals surface area contributed by atoms with Gasteiger partial charge in [-0.15, -0.1) is 0 Å². The summed E-state index contributed by atoms with van der Waals surface area (Å²) in [6.45, 7) is 0. The Morgan fingerprint density at radius 1 is 0.520 bits per heavy atom. The zero-order valence-electron chi connectivity index (χ0n) is 15.1. The van der Waals surface area contributed by atoms with Gasteiger partial charge in [0.15, 0.2) is 0 Å². The van der Waals surface area contributed by atoms with E-state index in [9.17, 15) is 0 Å². The Balaban J connectivity index is 1.15. The van der Waals surface area contributed by atoms with Crippen LogP contribution in [-0.4, -0.2) is 0 Å². The summed E-state index contributed by atoms with van der Waals surface area (Å²) in [6.07, 6.45) is 14.0. The molecule has 0 radical (unpaired) electrons. The smallest absolute Gasteiger partial charge is 0.0105 e. The Hall–Kier alpha value is 0. The molecule has 0 heteroatoms. The predicted molar refractivity (Wildman–Crippen MR) is 91.0 cm³/mol. The van der Waals surface area contributed by atoms with Crippen LogP contribution < -0.4 is 0 Å². The molecule has 0 saturated heterocycles. The van der Waals surface area contributed by atoms with E-state index in [1.165, 1.54) is 71.0 Å². The summed E-state index contributed by atoms with van der Waals surface area (Å²) < 4.78 is 0. The van der Waals surface area contributed by atoms with E-state index in [2.05, 4.69) is 0 Å². The van der Waals surface area contributed by atoms with Gasteiger partial charge in [-0.3, -0.25) is 0 Å². The summed E-state index contributed by atoms with van der Waals surface area (Å²) >= 11 is 0. The lowest BCUT2D eigenvalue weighted by molar-refractivity contribution is -0.715. The van der Waals surface area contributed by atoms with Crippen molar-refractivity contribution in [2.24, 2.45) is 98.1 Å². The third-order valence-electron chi connectivity index (χ3n) is 16.5. The molecule has 0 aromatic heterocycles. The Kier molecular flexibility index (Phi) is 1.03. The van der Waals surface area contributed by atoms with Gasteiger partial charge in [0.2, 0.25) is 0 Å². The molecule has 0 amide bonds. The number of hydrogen-bond donors (Lipinski definition) is 0. The van der Waals surface area contributed by atoms with Crippen LogP contribution in [0.25, 0.3) is 0 Å². The SMILES string of the molecule is C1C2CC1[C@@H]1C[C@@]34[C@@H]1C[C@H]3C1C3C[C@H]5C6C7C[C@H]8[C@@H]2C[C@@]78[C@@]62C[C@]14C352. The Bertz CT molecular complexity index is 841. The van der Waals surface area contributed by atoms with Gasteiger partial charge in [-0.25, -0.2) is 0 Å². The van der Waals surface area contributed by atoms with Gasteiger partial charge in [-0.2, -0.15) is 0 Å². The van der Waals surface area contributed by atoms with Gasteiger partial charge >= 0.3 is 0 Å². The Labute approximate surface area is 149 Å². The minimum absolute atomic E-state index is 1.00. The zero-order valence-corrected chi connectivity index (χ0v) is 15.1. The molecule has 5 unspecified atom stereocenters. The highest BCUT2D eigenvalue weighted by atomic mass is 15.2. The third kappa shape index (κ3) is 0.503. The van der Waals surface area contributed by atoms with Crippen molar-refractivity contribution in [3.63, 3.8) is 0 Å². The predicted octanol–water partition coefficient (Wildman–Crippen LogP) is 4.60. The summed E-state index contributed by atoms with van der Waals surface area (Å²) in [7, 11) is 0. The maximum Gasteiger partial charge on any atom is -0.0105 e. The van der Waals surface area contributed by atoms with E-state index in [0.29, 0.717) is 0 Å². The van der Waals surface area contributed by atoms with E-state index in [4.69, 9.17) is 0 Å². The number of hydrogen-bond acceptors (Lipinski definition) is 0. The van der Waals surface area contributed by atoms with Crippen LogP contribution >= 0.6 is 0 Å². The van der Waals surface area contributed by atoms with Crippen LogP contribution in [-0.2, 0) is 0 Å². The van der Waals surface area contributed by atoms with E-state index in [1.807, 2.05) is 6.42 Å². The quantitative estimate of drug-likeness (QED) is 0.610. The molecule has 0 aromatic carbocycles. The average Bonchev–Trinajstić information content (AvgIpc) is 2.45. The molecule has 0 nitrogen and oxygen atoms in total. The summed E-state index contributed by atoms with van der Waals surface area (Å²) in [5.41, 5.74) is 5.08. The van der Waals surface area contributed by atoms with Gasteiger partial charge in [0.1, 0.15) is 0 Å². The van der Waals surface area contributed by atoms with Crippen molar-refractivity contribution in [1.29, 1.82) is 0 Å². The van der Waals surface area contributed by atoms with Crippen LogP contribution in [0.2, 0.25) is 0 Å². The Morgan fingerprint density at radius 3 is 1.56 bits per heavy atom. The highest BCUT2D eigenvalue weighted by molar-refractivity contribution is 5.62. The first-order valence-electron chi connectivity index (χ1n) is 12.3. The van der Waals surface area contributed by atoms with Gasteiger partial charge < -0.3 is 0 Å². The van der Waals surface area contributed by atoms with Gasteiger partial charge in [-0.1, -0.05) is 0 Å². The molecule has 8 bridgehead atoms. The number of fused-ring (bicyclic) bond motifs is 4. The van der Waals surface area contributed by atoms with Gasteiger partial charge in [0, 0.05) is 0 Å². The van der Waals surface area contributed by atoms with Crippen molar-refractivity contribution in [3.8, 4) is 0 Å². The molecule has 5 spiro atoms. The van der Waals surface area contributed by atoms with Crippen molar-refractivity contribution in [2.75, 3.05) is 0 Å². The number of rotatable bonds is 0. The van der Waals surface area contributed by atoms with Gasteiger partial charge in [-0.05, 0) is 149 Å². The van der Waals surface area contributed by atoms with Crippen LogP contribution in [0.5, 0.6) is 0 Å². The van der Waals surface area contributed by atoms with Crippen LogP contribution in [0.15, 0.2) is 0 Å². The van der Waals surface area contributed by atoms with E-state index < -0.39 is 0 Å². The lowest BCUT2D eigenvalue weighted by atomic mass is 8.85. The second kappa shape index (κ2) is 2.32. The molecule has 128 valence electrons. The first kappa shape index (κ1) is 11.1. The molecule has 15 atom stereocenters. The lowest BCUT2D eigenvalue weighted by Crippen LogP contribution is -3.14. The molecule has 15 fully saturated rings. The molecule has 0 N–H and O–H groups in total. The van der Waals surface area contributed by atoms with Crippen molar-refractivity contribution < 1.29 is 0 Å². The largest absolute Gasteiger partial charge is 0.0470 e. The summed E-state index contributed by atoms with van der Waals surface area (Å²) in [4.78, 5) is 0. The van der Waals surface area contributed by atoms with Crippen molar-refractivity contribution in [1.82, 2.24) is 0 Å². The maximum absolute atomic E-state index is 1.83. The topological polar surface area (TPSA) is 0 Å². The second-order valence-electron chi connectivity index (χ2n) is 14.2. The van der Waals surface area contributed by atoms with Crippen LogP contribution in [0.1, 0.15) is 51.4 Å². The highest BCUT2D eigenvalue weighted by Crippen LogP contribution is 3.19. The zero-order chi connectivity index (χ0) is 15.1. The van der Waals surface area contributed by atoms with Gasteiger partial charge in [0.05, 0.1) is 0 Å². The molecule has 15 saturated carbocycles. The van der Waals surface area contributed by atoms with Crippen molar-refractivity contribution in [3.05, 3.63) is 0 Å².